The van der Waals surface area contributed by atoms with Crippen LogP contribution in [-0.2, 0) is 0 Å². The monoisotopic (exact) mass is 197 g/mol. The fraction of sp³-hybridized carbons (Fsp3) is 1.00. The molecule has 0 spiro atoms. The lowest BCUT2D eigenvalue weighted by Crippen LogP contribution is -2.38. The Morgan fingerprint density at radius 1 is 0.929 bits per heavy atom. The van der Waals surface area contributed by atoms with Gasteiger partial charge in [-0.2, -0.15) is 0 Å². The van der Waals surface area contributed by atoms with Gasteiger partial charge < -0.3 is 10.2 Å². The van der Waals surface area contributed by atoms with E-state index in [0.717, 1.165) is 11.8 Å². The lowest BCUT2D eigenvalue weighted by atomic mass is 9.94. The van der Waals surface area contributed by atoms with Crippen molar-refractivity contribution in [3.63, 3.8) is 0 Å². The highest BCUT2D eigenvalue weighted by molar-refractivity contribution is 4.98. The molecular formula is C11H19NO2. The zero-order valence-corrected chi connectivity index (χ0v) is 8.47. The first-order valence-electron chi connectivity index (χ1n) is 5.84. The average molecular weight is 197 g/mol. The molecule has 2 aliphatic carbocycles. The Morgan fingerprint density at radius 2 is 1.64 bits per heavy atom. The molecule has 0 amide bonds. The summed E-state index contributed by atoms with van der Waals surface area (Å²) in [6.45, 7) is 1.38. The van der Waals surface area contributed by atoms with Gasteiger partial charge in [-0.3, -0.25) is 4.90 Å². The van der Waals surface area contributed by atoms with Crippen molar-refractivity contribution in [3.05, 3.63) is 0 Å². The highest BCUT2D eigenvalue weighted by atomic mass is 16.3. The SMILES string of the molecule is OC1CN(C2CC3CCC2C3)CC1O. The normalized spacial score (nSPS) is 53.1. The predicted molar refractivity (Wildman–Crippen MR) is 52.8 cm³/mol. The van der Waals surface area contributed by atoms with Crippen LogP contribution < -0.4 is 0 Å². The van der Waals surface area contributed by atoms with Gasteiger partial charge in [0.05, 0.1) is 12.2 Å². The fourth-order valence-corrected chi connectivity index (χ4v) is 3.73. The Kier molecular flexibility index (Phi) is 2.08. The van der Waals surface area contributed by atoms with Crippen molar-refractivity contribution in [3.8, 4) is 0 Å². The van der Waals surface area contributed by atoms with Crippen LogP contribution in [0.1, 0.15) is 25.7 Å². The van der Waals surface area contributed by atoms with Gasteiger partial charge in [-0.1, -0.05) is 6.42 Å². The summed E-state index contributed by atoms with van der Waals surface area (Å²) >= 11 is 0. The van der Waals surface area contributed by atoms with Crippen molar-refractivity contribution < 1.29 is 10.2 Å². The maximum absolute atomic E-state index is 9.51. The van der Waals surface area contributed by atoms with Gasteiger partial charge in [0.15, 0.2) is 0 Å². The summed E-state index contributed by atoms with van der Waals surface area (Å²) in [5.41, 5.74) is 0. The Labute approximate surface area is 84.7 Å². The van der Waals surface area contributed by atoms with E-state index in [1.54, 1.807) is 0 Å². The molecule has 1 saturated heterocycles. The van der Waals surface area contributed by atoms with E-state index in [1.807, 2.05) is 0 Å². The molecule has 80 valence electrons. The van der Waals surface area contributed by atoms with Gasteiger partial charge in [0.1, 0.15) is 0 Å². The van der Waals surface area contributed by atoms with Crippen molar-refractivity contribution in [2.24, 2.45) is 11.8 Å². The van der Waals surface area contributed by atoms with Gasteiger partial charge >= 0.3 is 0 Å². The summed E-state index contributed by atoms with van der Waals surface area (Å²) < 4.78 is 0. The van der Waals surface area contributed by atoms with E-state index in [9.17, 15) is 10.2 Å². The first-order chi connectivity index (χ1) is 6.74. The Hall–Kier alpha value is -0.120. The maximum Gasteiger partial charge on any atom is 0.0938 e. The van der Waals surface area contributed by atoms with Crippen LogP contribution in [0.3, 0.4) is 0 Å². The molecule has 5 unspecified atom stereocenters. The number of hydrogen-bond acceptors (Lipinski definition) is 3. The molecule has 14 heavy (non-hydrogen) atoms. The molecule has 1 aliphatic heterocycles. The molecule has 3 rings (SSSR count). The Balaban J connectivity index is 1.67. The van der Waals surface area contributed by atoms with Gasteiger partial charge in [0.2, 0.25) is 0 Å². The van der Waals surface area contributed by atoms with Crippen LogP contribution in [-0.4, -0.2) is 46.5 Å². The smallest absolute Gasteiger partial charge is 0.0938 e. The third-order valence-electron chi connectivity index (χ3n) is 4.46. The Bertz CT molecular complexity index is 223. The standard InChI is InChI=1S/C11H19NO2/c13-10-5-12(6-11(10)14)9-4-7-1-2-8(9)3-7/h7-11,13-14H,1-6H2. The summed E-state index contributed by atoms with van der Waals surface area (Å²) in [5.74, 6) is 1.80. The maximum atomic E-state index is 9.51. The second kappa shape index (κ2) is 3.19. The highest BCUT2D eigenvalue weighted by Gasteiger charge is 2.45. The van der Waals surface area contributed by atoms with Crippen LogP contribution in [0.15, 0.2) is 0 Å². The van der Waals surface area contributed by atoms with Gasteiger partial charge in [0.25, 0.3) is 0 Å². The van der Waals surface area contributed by atoms with Crippen LogP contribution in [0.2, 0.25) is 0 Å². The molecule has 3 fully saturated rings. The molecule has 1 heterocycles. The van der Waals surface area contributed by atoms with E-state index in [2.05, 4.69) is 4.90 Å². The number of likely N-dealkylation sites (tertiary alicyclic amines) is 1. The lowest BCUT2D eigenvalue weighted by molar-refractivity contribution is 0.0572. The molecule has 0 aromatic carbocycles. The number of β-amino-alcohol motifs (C(OH)–C–C–N with tert-alkyl or cyclic N) is 2. The van der Waals surface area contributed by atoms with Crippen molar-refractivity contribution in [1.29, 1.82) is 0 Å². The van der Waals surface area contributed by atoms with Crippen molar-refractivity contribution in [1.82, 2.24) is 4.90 Å². The molecule has 2 N–H and O–H groups in total. The van der Waals surface area contributed by atoms with Gasteiger partial charge in [-0.05, 0) is 31.1 Å². The number of nitrogens with zero attached hydrogens (tertiary/aromatic N) is 1. The molecule has 2 bridgehead atoms. The average Bonchev–Trinajstić information content (AvgIpc) is 2.82. The molecule has 2 saturated carbocycles. The summed E-state index contributed by atoms with van der Waals surface area (Å²) in [6.07, 6.45) is 4.48. The van der Waals surface area contributed by atoms with E-state index in [0.29, 0.717) is 19.1 Å². The van der Waals surface area contributed by atoms with Crippen LogP contribution in [0.4, 0.5) is 0 Å². The van der Waals surface area contributed by atoms with Crippen molar-refractivity contribution in [2.75, 3.05) is 13.1 Å². The molecule has 0 aromatic rings. The molecule has 3 heteroatoms. The zero-order chi connectivity index (χ0) is 9.71. The van der Waals surface area contributed by atoms with Gasteiger partial charge in [0, 0.05) is 19.1 Å². The number of fused-ring (bicyclic) bond motifs is 2. The Morgan fingerprint density at radius 3 is 2.14 bits per heavy atom. The first kappa shape index (κ1) is 9.13. The van der Waals surface area contributed by atoms with E-state index in [-0.39, 0.29) is 0 Å². The first-order valence-corrected chi connectivity index (χ1v) is 5.84. The van der Waals surface area contributed by atoms with Crippen molar-refractivity contribution in [2.45, 2.75) is 43.9 Å². The minimum absolute atomic E-state index is 0.505. The number of aliphatic hydroxyl groups is 2. The van der Waals surface area contributed by atoms with E-state index in [4.69, 9.17) is 0 Å². The third-order valence-corrected chi connectivity index (χ3v) is 4.46. The topological polar surface area (TPSA) is 43.7 Å². The highest BCUT2D eigenvalue weighted by Crippen LogP contribution is 2.47. The van der Waals surface area contributed by atoms with Crippen LogP contribution >= 0.6 is 0 Å². The summed E-state index contributed by atoms with van der Waals surface area (Å²) in [6, 6.07) is 0.667. The largest absolute Gasteiger partial charge is 0.389 e. The quantitative estimate of drug-likeness (QED) is 0.631. The van der Waals surface area contributed by atoms with Crippen LogP contribution in [0, 0.1) is 11.8 Å². The molecule has 0 aromatic heterocycles. The molecule has 5 atom stereocenters. The lowest BCUT2D eigenvalue weighted by Gasteiger charge is -2.30. The van der Waals surface area contributed by atoms with E-state index in [1.165, 1.54) is 25.7 Å². The predicted octanol–water partition coefficient (Wildman–Crippen LogP) is 0.212. The van der Waals surface area contributed by atoms with E-state index < -0.39 is 12.2 Å². The number of hydrogen-bond donors (Lipinski definition) is 2. The minimum atomic E-state index is -0.505. The van der Waals surface area contributed by atoms with Gasteiger partial charge in [-0.15, -0.1) is 0 Å². The molecule has 3 nitrogen and oxygen atoms in total. The van der Waals surface area contributed by atoms with E-state index >= 15 is 0 Å². The summed E-state index contributed by atoms with van der Waals surface area (Å²) in [7, 11) is 0. The van der Waals surface area contributed by atoms with Crippen LogP contribution in [0.25, 0.3) is 0 Å². The summed E-state index contributed by atoms with van der Waals surface area (Å²) in [4.78, 5) is 2.32. The third kappa shape index (κ3) is 1.30. The van der Waals surface area contributed by atoms with Gasteiger partial charge in [-0.25, -0.2) is 0 Å². The second-order valence-corrected chi connectivity index (χ2v) is 5.33. The van der Waals surface area contributed by atoms with Crippen molar-refractivity contribution >= 4 is 0 Å². The zero-order valence-electron chi connectivity index (χ0n) is 8.47. The molecular weight excluding hydrogens is 178 g/mol. The minimum Gasteiger partial charge on any atom is -0.389 e. The summed E-state index contributed by atoms with van der Waals surface area (Å²) in [5, 5.41) is 19.0. The number of aliphatic hydroxyl groups excluding tert-OH is 2. The molecule has 3 aliphatic rings. The molecule has 0 radical (unpaired) electrons. The fourth-order valence-electron chi connectivity index (χ4n) is 3.73. The second-order valence-electron chi connectivity index (χ2n) is 5.33. The number of rotatable bonds is 1. The van der Waals surface area contributed by atoms with Crippen LogP contribution in [0.5, 0.6) is 0 Å².